The number of nitrogens with zero attached hydrogens (tertiary/aromatic N) is 1. The topological polar surface area (TPSA) is 52.8 Å². The van der Waals surface area contributed by atoms with Gasteiger partial charge in [0.25, 0.3) is 0 Å². The second-order valence-electron chi connectivity index (χ2n) is 9.58. The van der Waals surface area contributed by atoms with E-state index in [9.17, 15) is 10.3 Å². The Bertz CT molecular complexity index is 607. The molecule has 0 aromatic carbocycles. The van der Waals surface area contributed by atoms with E-state index in [1.165, 1.54) is 25.7 Å². The van der Waals surface area contributed by atoms with E-state index in [1.54, 1.807) is 0 Å². The highest BCUT2D eigenvalue weighted by molar-refractivity contribution is 5.91. The lowest BCUT2D eigenvalue weighted by molar-refractivity contribution is -0.127. The largest absolute Gasteiger partial charge is 0.411 e. The highest BCUT2D eigenvalue weighted by Gasteiger charge is 2.60. The zero-order chi connectivity index (χ0) is 17.2. The van der Waals surface area contributed by atoms with Crippen LogP contribution >= 0.6 is 0 Å². The van der Waals surface area contributed by atoms with E-state index < -0.39 is 5.60 Å². The van der Waals surface area contributed by atoms with Crippen molar-refractivity contribution in [3.8, 4) is 12.3 Å². The van der Waals surface area contributed by atoms with Gasteiger partial charge in [0, 0.05) is 5.41 Å². The van der Waals surface area contributed by atoms with Gasteiger partial charge in [0.05, 0.1) is 5.71 Å². The summed E-state index contributed by atoms with van der Waals surface area (Å²) < 4.78 is 0. The predicted octanol–water partition coefficient (Wildman–Crippen LogP) is 4.22. The Balaban J connectivity index is 1.62. The highest BCUT2D eigenvalue weighted by atomic mass is 16.4. The molecule has 2 N–H and O–H groups in total. The van der Waals surface area contributed by atoms with Crippen LogP contribution in [-0.4, -0.2) is 21.6 Å². The summed E-state index contributed by atoms with van der Waals surface area (Å²) >= 11 is 0. The fourth-order valence-corrected chi connectivity index (χ4v) is 7.33. The smallest absolute Gasteiger partial charge is 0.125 e. The molecule has 0 amide bonds. The van der Waals surface area contributed by atoms with Crippen molar-refractivity contribution in [1.29, 1.82) is 0 Å². The molecule has 0 radical (unpaired) electrons. The first-order valence-electron chi connectivity index (χ1n) is 9.78. The number of hydrogen-bond donors (Lipinski definition) is 2. The van der Waals surface area contributed by atoms with Crippen molar-refractivity contribution < 1.29 is 10.3 Å². The Morgan fingerprint density at radius 2 is 1.88 bits per heavy atom. The monoisotopic (exact) mass is 329 g/mol. The standard InChI is InChI=1S/C21H31NO2/c1-4-21(23)12-11-19(2)14(13-21)5-6-15-16-7-8-18(22-24)20(16,3)10-9-17(15)19/h1,14-17,23-24H,5-13H2,2-3H3/t14-,15-,16-,17-,19-,20-,21-/m0/s1. The molecule has 4 fully saturated rings. The normalized spacial score (nSPS) is 55.3. The number of rotatable bonds is 0. The molecular formula is C21H31NO2. The van der Waals surface area contributed by atoms with Gasteiger partial charge >= 0.3 is 0 Å². The Hall–Kier alpha value is -1.01. The Morgan fingerprint density at radius 3 is 2.58 bits per heavy atom. The molecule has 0 aliphatic heterocycles. The number of terminal acetylenes is 1. The van der Waals surface area contributed by atoms with Crippen LogP contribution in [0.3, 0.4) is 0 Å². The van der Waals surface area contributed by atoms with Crippen LogP contribution in [-0.2, 0) is 0 Å². The maximum Gasteiger partial charge on any atom is 0.125 e. The minimum absolute atomic E-state index is 0.118. The van der Waals surface area contributed by atoms with Crippen LogP contribution in [0.2, 0.25) is 0 Å². The molecule has 0 heterocycles. The highest BCUT2D eigenvalue weighted by Crippen LogP contribution is 2.66. The van der Waals surface area contributed by atoms with Crippen molar-refractivity contribution in [2.24, 2.45) is 39.7 Å². The van der Waals surface area contributed by atoms with Crippen LogP contribution in [0.1, 0.15) is 71.6 Å². The second-order valence-corrected chi connectivity index (χ2v) is 9.58. The third-order valence-corrected chi connectivity index (χ3v) is 8.86. The van der Waals surface area contributed by atoms with Crippen molar-refractivity contribution >= 4 is 5.71 Å². The van der Waals surface area contributed by atoms with Gasteiger partial charge in [0.15, 0.2) is 0 Å². The second kappa shape index (κ2) is 5.24. The van der Waals surface area contributed by atoms with Gasteiger partial charge in [-0.05, 0) is 86.9 Å². The third kappa shape index (κ3) is 2.05. The minimum Gasteiger partial charge on any atom is -0.411 e. The van der Waals surface area contributed by atoms with Crippen LogP contribution in [0.15, 0.2) is 5.16 Å². The molecule has 4 rings (SSSR count). The van der Waals surface area contributed by atoms with E-state index in [-0.39, 0.29) is 5.41 Å². The van der Waals surface area contributed by atoms with Crippen LogP contribution in [0, 0.1) is 46.8 Å². The molecule has 24 heavy (non-hydrogen) atoms. The van der Waals surface area contributed by atoms with E-state index in [2.05, 4.69) is 24.9 Å². The molecule has 4 saturated carbocycles. The van der Waals surface area contributed by atoms with Crippen LogP contribution < -0.4 is 0 Å². The molecule has 0 aromatic rings. The van der Waals surface area contributed by atoms with Crippen molar-refractivity contribution in [3.63, 3.8) is 0 Å². The zero-order valence-electron chi connectivity index (χ0n) is 15.1. The molecule has 0 aromatic heterocycles. The number of hydrogen-bond acceptors (Lipinski definition) is 3. The van der Waals surface area contributed by atoms with Crippen LogP contribution in [0.25, 0.3) is 0 Å². The molecule has 0 saturated heterocycles. The first-order valence-corrected chi connectivity index (χ1v) is 9.78. The van der Waals surface area contributed by atoms with Crippen molar-refractivity contribution in [1.82, 2.24) is 0 Å². The van der Waals surface area contributed by atoms with Crippen molar-refractivity contribution in [2.75, 3.05) is 0 Å². The number of fused-ring (bicyclic) bond motifs is 5. The lowest BCUT2D eigenvalue weighted by Gasteiger charge is -2.61. The van der Waals surface area contributed by atoms with Crippen molar-refractivity contribution in [2.45, 2.75) is 77.2 Å². The molecule has 0 unspecified atom stereocenters. The van der Waals surface area contributed by atoms with Crippen LogP contribution in [0.4, 0.5) is 0 Å². The Labute approximate surface area is 145 Å². The summed E-state index contributed by atoms with van der Waals surface area (Å²) in [5.74, 6) is 5.40. The number of aliphatic hydroxyl groups is 1. The van der Waals surface area contributed by atoms with Gasteiger partial charge < -0.3 is 10.3 Å². The molecule has 3 nitrogen and oxygen atoms in total. The van der Waals surface area contributed by atoms with Gasteiger partial charge in [0.2, 0.25) is 0 Å². The van der Waals surface area contributed by atoms with Gasteiger partial charge in [-0.1, -0.05) is 24.9 Å². The summed E-state index contributed by atoms with van der Waals surface area (Å²) in [5, 5.41) is 23.7. The van der Waals surface area contributed by atoms with Crippen molar-refractivity contribution in [3.05, 3.63) is 0 Å². The third-order valence-electron chi connectivity index (χ3n) is 8.86. The minimum atomic E-state index is -0.871. The molecule has 7 atom stereocenters. The molecule has 0 spiro atoms. The summed E-state index contributed by atoms with van der Waals surface area (Å²) in [7, 11) is 0. The van der Waals surface area contributed by atoms with Crippen LogP contribution in [0.5, 0.6) is 0 Å². The van der Waals surface area contributed by atoms with E-state index in [4.69, 9.17) is 6.42 Å². The first kappa shape index (κ1) is 16.5. The molecule has 4 aliphatic carbocycles. The molecule has 132 valence electrons. The molecule has 3 heteroatoms. The Morgan fingerprint density at radius 1 is 1.08 bits per heavy atom. The maximum absolute atomic E-state index is 10.6. The van der Waals surface area contributed by atoms with E-state index in [0.717, 1.165) is 49.7 Å². The summed E-state index contributed by atoms with van der Waals surface area (Å²) in [6.07, 6.45) is 15.2. The fraction of sp³-hybridized carbons (Fsp3) is 0.857. The van der Waals surface area contributed by atoms with Gasteiger partial charge in [0.1, 0.15) is 5.60 Å². The van der Waals surface area contributed by atoms with Gasteiger partial charge in [-0.2, -0.15) is 0 Å². The predicted molar refractivity (Wildman–Crippen MR) is 94.7 cm³/mol. The van der Waals surface area contributed by atoms with Gasteiger partial charge in [-0.15, -0.1) is 6.42 Å². The summed E-state index contributed by atoms with van der Waals surface area (Å²) in [5.41, 5.74) is 0.618. The zero-order valence-corrected chi connectivity index (χ0v) is 15.1. The summed E-state index contributed by atoms with van der Waals surface area (Å²) in [4.78, 5) is 0. The molecule has 0 bridgehead atoms. The molecule has 4 aliphatic rings. The first-order chi connectivity index (χ1) is 11.4. The lowest BCUT2D eigenvalue weighted by atomic mass is 9.44. The quantitative estimate of drug-likeness (QED) is 0.397. The van der Waals surface area contributed by atoms with E-state index in [1.807, 2.05) is 0 Å². The maximum atomic E-state index is 10.6. The SMILES string of the molecule is C#C[C@]1(O)CC[C@@]2(C)[C@@H](CC[C@@H]3[C@@H]2CC[C@]2(C)C(=NO)CC[C@@H]32)C1. The van der Waals surface area contributed by atoms with Gasteiger partial charge in [-0.3, -0.25) is 0 Å². The van der Waals surface area contributed by atoms with E-state index in [0.29, 0.717) is 17.3 Å². The Kier molecular flexibility index (Phi) is 3.59. The summed E-state index contributed by atoms with van der Waals surface area (Å²) in [6.45, 7) is 4.81. The summed E-state index contributed by atoms with van der Waals surface area (Å²) in [6, 6.07) is 0. The lowest BCUT2D eigenvalue weighted by Crippen LogP contribution is -2.55. The number of oxime groups is 1. The van der Waals surface area contributed by atoms with E-state index >= 15 is 0 Å². The fourth-order valence-electron chi connectivity index (χ4n) is 7.33. The average Bonchev–Trinajstić information content (AvgIpc) is 2.92. The average molecular weight is 329 g/mol. The van der Waals surface area contributed by atoms with Gasteiger partial charge in [-0.25, -0.2) is 0 Å². The molecular weight excluding hydrogens is 298 g/mol.